The van der Waals surface area contributed by atoms with Crippen LogP contribution in [0.15, 0.2) is 60.8 Å². The van der Waals surface area contributed by atoms with Crippen molar-refractivity contribution in [2.45, 2.75) is 45.7 Å². The summed E-state index contributed by atoms with van der Waals surface area (Å²) in [5, 5.41) is 5.70. The second-order valence-electron chi connectivity index (χ2n) is 8.41. The Morgan fingerprint density at radius 1 is 1.00 bits per heavy atom. The number of piperidine rings is 1. The lowest BCUT2D eigenvalue weighted by atomic mass is 10.00. The third-order valence-corrected chi connectivity index (χ3v) is 5.85. The van der Waals surface area contributed by atoms with E-state index in [9.17, 15) is 9.59 Å². The lowest BCUT2D eigenvalue weighted by Crippen LogP contribution is -2.34. The van der Waals surface area contributed by atoms with Crippen molar-refractivity contribution in [3.05, 3.63) is 83.4 Å². The number of hydrogen-bond acceptors (Lipinski definition) is 5. The van der Waals surface area contributed by atoms with Gasteiger partial charge >= 0.3 is 0 Å². The number of benzene rings is 2. The van der Waals surface area contributed by atoms with Gasteiger partial charge in [0.25, 0.3) is 5.91 Å². The zero-order valence-electron chi connectivity index (χ0n) is 19.0. The van der Waals surface area contributed by atoms with E-state index in [1.165, 1.54) is 12.5 Å². The van der Waals surface area contributed by atoms with E-state index in [0.29, 0.717) is 11.3 Å². The second kappa shape index (κ2) is 10.4. The van der Waals surface area contributed by atoms with Gasteiger partial charge < -0.3 is 10.6 Å². The van der Waals surface area contributed by atoms with Crippen LogP contribution in [-0.4, -0.2) is 33.2 Å². The van der Waals surface area contributed by atoms with Crippen LogP contribution in [0, 0.1) is 6.92 Å². The number of amides is 2. The molecular formula is C26H29N5O2. The molecular weight excluding hydrogens is 414 g/mol. The highest BCUT2D eigenvalue weighted by Crippen LogP contribution is 2.31. The molecule has 1 aliphatic rings. The molecule has 2 N–H and O–H groups in total. The van der Waals surface area contributed by atoms with Crippen LogP contribution in [0.3, 0.4) is 0 Å². The molecule has 7 nitrogen and oxygen atoms in total. The minimum absolute atomic E-state index is 0.0766. The second-order valence-corrected chi connectivity index (χ2v) is 8.41. The number of nitrogens with zero attached hydrogens (tertiary/aromatic N) is 3. The highest BCUT2D eigenvalue weighted by Gasteiger charge is 2.27. The Kier molecular flexibility index (Phi) is 7.10. The molecule has 3 aromatic rings. The maximum Gasteiger partial charge on any atom is 0.259 e. The molecule has 0 saturated carbocycles. The fourth-order valence-corrected chi connectivity index (χ4v) is 4.19. The fraction of sp³-hybridized carbons (Fsp3) is 0.308. The van der Waals surface area contributed by atoms with E-state index in [0.717, 1.165) is 49.6 Å². The average Bonchev–Trinajstić information content (AvgIpc) is 2.81. The predicted octanol–water partition coefficient (Wildman–Crippen LogP) is 4.72. The van der Waals surface area contributed by atoms with Crippen LogP contribution in [0.25, 0.3) is 0 Å². The Balaban J connectivity index is 1.47. The molecule has 1 unspecified atom stereocenters. The molecule has 4 rings (SSSR count). The molecule has 1 atom stereocenters. The van der Waals surface area contributed by atoms with Crippen molar-refractivity contribution in [1.29, 1.82) is 0 Å². The molecule has 0 radical (unpaired) electrons. The SMILES string of the molecule is CC(=O)Nc1ccc(CN2CCCCC2c2ncc(C(=O)Nc3ccccc3)c(C)n2)cc1. The van der Waals surface area contributed by atoms with Gasteiger partial charge in [-0.3, -0.25) is 14.5 Å². The van der Waals surface area contributed by atoms with E-state index in [1.54, 1.807) is 6.20 Å². The number of aromatic nitrogens is 2. The Morgan fingerprint density at radius 3 is 2.42 bits per heavy atom. The molecule has 2 aromatic carbocycles. The minimum Gasteiger partial charge on any atom is -0.326 e. The number of nitrogens with one attached hydrogen (secondary N) is 2. The first-order chi connectivity index (χ1) is 16.0. The van der Waals surface area contributed by atoms with E-state index >= 15 is 0 Å². The van der Waals surface area contributed by atoms with Crippen LogP contribution in [0.5, 0.6) is 0 Å². The highest BCUT2D eigenvalue weighted by molar-refractivity contribution is 6.04. The number of carbonyl (C=O) groups is 2. The third-order valence-electron chi connectivity index (χ3n) is 5.85. The Morgan fingerprint density at radius 2 is 1.73 bits per heavy atom. The maximum absolute atomic E-state index is 12.7. The van der Waals surface area contributed by atoms with Crippen LogP contribution >= 0.6 is 0 Å². The maximum atomic E-state index is 12.7. The summed E-state index contributed by atoms with van der Waals surface area (Å²) in [6.07, 6.45) is 4.89. The zero-order valence-corrected chi connectivity index (χ0v) is 19.0. The molecule has 7 heteroatoms. The normalized spacial score (nSPS) is 16.2. The molecule has 0 spiro atoms. The van der Waals surface area contributed by atoms with E-state index in [2.05, 4.69) is 20.5 Å². The van der Waals surface area contributed by atoms with Gasteiger partial charge in [-0.1, -0.05) is 36.8 Å². The molecule has 2 heterocycles. The van der Waals surface area contributed by atoms with Crippen LogP contribution in [0.4, 0.5) is 11.4 Å². The van der Waals surface area contributed by atoms with Gasteiger partial charge in [0, 0.05) is 31.0 Å². The predicted molar refractivity (Wildman–Crippen MR) is 129 cm³/mol. The van der Waals surface area contributed by atoms with E-state index in [1.807, 2.05) is 61.5 Å². The summed E-state index contributed by atoms with van der Waals surface area (Å²) < 4.78 is 0. The van der Waals surface area contributed by atoms with Gasteiger partial charge in [-0.2, -0.15) is 0 Å². The summed E-state index contributed by atoms with van der Waals surface area (Å²) >= 11 is 0. The lowest BCUT2D eigenvalue weighted by molar-refractivity contribution is -0.114. The van der Waals surface area contributed by atoms with Crippen molar-refractivity contribution in [3.8, 4) is 0 Å². The summed E-state index contributed by atoms with van der Waals surface area (Å²) in [5.41, 5.74) is 3.88. The van der Waals surface area contributed by atoms with Crippen molar-refractivity contribution >= 4 is 23.2 Å². The van der Waals surface area contributed by atoms with Crippen LogP contribution < -0.4 is 10.6 Å². The van der Waals surface area contributed by atoms with Crippen molar-refractivity contribution in [3.63, 3.8) is 0 Å². The molecule has 1 aliphatic heterocycles. The van der Waals surface area contributed by atoms with Gasteiger partial charge in [0.2, 0.25) is 5.91 Å². The monoisotopic (exact) mass is 443 g/mol. The van der Waals surface area contributed by atoms with Crippen LogP contribution in [0.2, 0.25) is 0 Å². The van der Waals surface area contributed by atoms with Gasteiger partial charge in [-0.05, 0) is 56.1 Å². The van der Waals surface area contributed by atoms with E-state index in [4.69, 9.17) is 4.98 Å². The van der Waals surface area contributed by atoms with Crippen molar-refractivity contribution in [1.82, 2.24) is 14.9 Å². The first-order valence-electron chi connectivity index (χ1n) is 11.3. The molecule has 1 fully saturated rings. The summed E-state index contributed by atoms with van der Waals surface area (Å²) in [4.78, 5) is 35.7. The van der Waals surface area contributed by atoms with Crippen molar-refractivity contribution < 1.29 is 9.59 Å². The molecule has 33 heavy (non-hydrogen) atoms. The van der Waals surface area contributed by atoms with Crippen LogP contribution in [-0.2, 0) is 11.3 Å². The topological polar surface area (TPSA) is 87.2 Å². The average molecular weight is 444 g/mol. The number of likely N-dealkylation sites (tertiary alicyclic amines) is 1. The molecule has 2 amide bonds. The van der Waals surface area contributed by atoms with Gasteiger partial charge in [0.05, 0.1) is 17.3 Å². The molecule has 1 saturated heterocycles. The zero-order chi connectivity index (χ0) is 23.2. The Labute approximate surface area is 194 Å². The van der Waals surface area contributed by atoms with Gasteiger partial charge in [0.15, 0.2) is 0 Å². The fourth-order valence-electron chi connectivity index (χ4n) is 4.19. The quantitative estimate of drug-likeness (QED) is 0.575. The van der Waals surface area contributed by atoms with E-state index < -0.39 is 0 Å². The number of para-hydroxylation sites is 1. The van der Waals surface area contributed by atoms with E-state index in [-0.39, 0.29) is 17.9 Å². The summed E-state index contributed by atoms with van der Waals surface area (Å²) in [6, 6.07) is 17.4. The molecule has 0 bridgehead atoms. The van der Waals surface area contributed by atoms with Crippen molar-refractivity contribution in [2.24, 2.45) is 0 Å². The van der Waals surface area contributed by atoms with Gasteiger partial charge in [-0.15, -0.1) is 0 Å². The minimum atomic E-state index is -0.204. The number of rotatable bonds is 6. The largest absolute Gasteiger partial charge is 0.326 e. The first-order valence-corrected chi connectivity index (χ1v) is 11.3. The van der Waals surface area contributed by atoms with Crippen LogP contribution in [0.1, 0.15) is 59.7 Å². The first kappa shape index (κ1) is 22.6. The lowest BCUT2D eigenvalue weighted by Gasteiger charge is -2.35. The van der Waals surface area contributed by atoms with Crippen molar-refractivity contribution in [2.75, 3.05) is 17.2 Å². The molecule has 1 aromatic heterocycles. The van der Waals surface area contributed by atoms with Gasteiger partial charge in [0.1, 0.15) is 5.82 Å². The molecule has 0 aliphatic carbocycles. The smallest absolute Gasteiger partial charge is 0.259 e. The Hall–Kier alpha value is -3.58. The Bertz CT molecular complexity index is 1120. The summed E-state index contributed by atoms with van der Waals surface area (Å²) in [5.74, 6) is 0.482. The third kappa shape index (κ3) is 5.81. The van der Waals surface area contributed by atoms with Gasteiger partial charge in [-0.25, -0.2) is 9.97 Å². The summed E-state index contributed by atoms with van der Waals surface area (Å²) in [6.45, 7) is 5.12. The highest BCUT2D eigenvalue weighted by atomic mass is 16.2. The number of aryl methyl sites for hydroxylation is 1. The standard InChI is InChI=1S/C26H29N5O2/c1-18-23(26(33)30-21-8-4-3-5-9-21)16-27-25(28-18)24-10-6-7-15-31(24)17-20-11-13-22(14-12-20)29-19(2)32/h3-5,8-9,11-14,16,24H,6-7,10,15,17H2,1-2H3,(H,29,32)(H,30,33). The number of carbonyl (C=O) groups excluding carboxylic acids is 2. The summed E-state index contributed by atoms with van der Waals surface area (Å²) in [7, 11) is 0. The molecule has 170 valence electrons. The number of anilines is 2. The number of hydrogen-bond donors (Lipinski definition) is 2.